The van der Waals surface area contributed by atoms with E-state index in [-0.39, 0.29) is 56.1 Å². The minimum absolute atomic E-state index is 0. The van der Waals surface area contributed by atoms with Crippen molar-refractivity contribution in [3.63, 3.8) is 0 Å². The van der Waals surface area contributed by atoms with Crippen LogP contribution in [0, 0.1) is 20.2 Å². The minimum Gasteiger partial charge on any atom is -0.849 e. The maximum atomic E-state index is 13.6. The zero-order valence-corrected chi connectivity index (χ0v) is 43.8. The van der Waals surface area contributed by atoms with Crippen LogP contribution in [0.4, 0.5) is 23.1 Å². The predicted molar refractivity (Wildman–Crippen MR) is 267 cm³/mol. The van der Waals surface area contributed by atoms with E-state index in [0.29, 0.717) is 53.8 Å². The molecule has 1 aliphatic heterocycles. The molecule has 0 radical (unpaired) electrons. The van der Waals surface area contributed by atoms with E-state index in [9.17, 15) is 44.1 Å². The summed E-state index contributed by atoms with van der Waals surface area (Å²) in [5.74, 6) is -0.466. The molecule has 2 unspecified atom stereocenters. The fraction of sp³-hybridized carbons (Fsp3) is 0.409. The number of anilines is 2. The third-order valence-electron chi connectivity index (χ3n) is 9.07. The van der Waals surface area contributed by atoms with Crippen LogP contribution < -0.4 is 34.1 Å². The van der Waals surface area contributed by atoms with Crippen molar-refractivity contribution in [1.82, 2.24) is 9.34 Å². The molecule has 2 aromatic heterocycles. The summed E-state index contributed by atoms with van der Waals surface area (Å²) >= 11 is 17.5. The molecule has 2 atom stereocenters. The van der Waals surface area contributed by atoms with Gasteiger partial charge >= 0.3 is 57.0 Å². The van der Waals surface area contributed by atoms with Crippen molar-refractivity contribution >= 4 is 84.0 Å². The van der Waals surface area contributed by atoms with Crippen molar-refractivity contribution in [2.24, 2.45) is 0 Å². The zero-order valence-electron chi connectivity index (χ0n) is 39.8. The molecule has 71 heavy (non-hydrogen) atoms. The molecule has 1 aliphatic rings. The number of alkyl halides is 2. The molecule has 0 saturated carbocycles. The topological polar surface area (TPSA) is 271 Å². The van der Waals surface area contributed by atoms with E-state index in [1.54, 1.807) is 55.2 Å². The van der Waals surface area contributed by atoms with Crippen molar-refractivity contribution in [3.8, 4) is 0 Å². The first kappa shape index (κ1) is 64.6. The number of carbonyl (C=O) groups is 2. The van der Waals surface area contributed by atoms with Crippen molar-refractivity contribution in [3.05, 3.63) is 141 Å². The van der Waals surface area contributed by atoms with Crippen LogP contribution in [0.1, 0.15) is 70.8 Å². The van der Waals surface area contributed by atoms with E-state index in [1.807, 2.05) is 0 Å². The van der Waals surface area contributed by atoms with Gasteiger partial charge in [0.05, 0.1) is 29.0 Å². The summed E-state index contributed by atoms with van der Waals surface area (Å²) in [5, 5.41) is 36.5. The van der Waals surface area contributed by atoms with E-state index >= 15 is 0 Å². The van der Waals surface area contributed by atoms with Crippen LogP contribution in [-0.2, 0) is 41.1 Å². The maximum Gasteiger partial charge on any atom is 1.00 e. The second kappa shape index (κ2) is 35.6. The van der Waals surface area contributed by atoms with E-state index < -0.39 is 48.7 Å². The number of rotatable bonds is 26. The Morgan fingerprint density at radius 1 is 0.718 bits per heavy atom. The monoisotopic (exact) mass is 1080 g/mol. The molecule has 0 amide bonds. The van der Waals surface area contributed by atoms with Crippen molar-refractivity contribution in [2.75, 3.05) is 75.5 Å². The van der Waals surface area contributed by atoms with Crippen molar-refractivity contribution < 1.29 is 80.1 Å². The SMILES string of the molecule is C1CCOC1.C=CCOC(=O)c1ccc(NP(=O)(Cl)N(C)CCCCCl)cc1.C=CCOC(=O)c1ccc(NP(=O)(OCc2ccc([N+](=O)[O-])o2)N(C)CCCCCl)cc1.O=[N+]([O-])c1ccc(C[O-])o1.[Li+]. The number of nitro groups is 2. The van der Waals surface area contributed by atoms with E-state index in [4.69, 9.17) is 57.6 Å². The molecule has 1 fully saturated rings. The molecular weight excluding hydrogens is 1030 g/mol. The molecule has 27 heteroatoms. The van der Waals surface area contributed by atoms with E-state index in [2.05, 4.69) is 27.7 Å². The van der Waals surface area contributed by atoms with Gasteiger partial charge in [-0.2, -0.15) is 0 Å². The van der Waals surface area contributed by atoms with Gasteiger partial charge in [-0.25, -0.2) is 23.5 Å². The average Bonchev–Trinajstić information content (AvgIpc) is 4.18. The largest absolute Gasteiger partial charge is 1.00 e. The number of esters is 2. The van der Waals surface area contributed by atoms with Gasteiger partial charge in [0, 0.05) is 49.4 Å². The summed E-state index contributed by atoms with van der Waals surface area (Å²) in [7, 11) is -0.305. The molecule has 386 valence electrons. The standard InChI is InChI=1S/C20H25ClN3O7P.C15H21Cl2N2O3P.C5H4NO4.C4H8O.Li/c1-3-14-29-20(25)16-6-8-17(9-7-16)22-32(28,23(2)13-5-4-12-21)30-15-18-10-11-19(31-18)24(26)27;1-3-12-22-15(20)13-6-8-14(9-7-13)18-23(17,21)19(2)11-5-4-10-16;7-3-4-1-2-5(10-4)6(8)9;1-2-4-5-3-1;/h3,6-11H,1,4-5,12-15H2,2H3,(H,22,28);3,6-9H,1,4-5,10-12H2,2H3,(H,18,21);1-2H,3H2;1-4H2;/q;;-1;;+1. The Bertz CT molecular complexity index is 2320. The number of hydrogen-bond donors (Lipinski definition) is 2. The molecule has 21 nitrogen and oxygen atoms in total. The Hall–Kier alpha value is -4.45. The first-order valence-electron chi connectivity index (χ1n) is 21.5. The number of nitrogens with one attached hydrogen (secondary N) is 2. The minimum atomic E-state index is -3.63. The van der Waals surface area contributed by atoms with Crippen LogP contribution in [0.25, 0.3) is 0 Å². The van der Waals surface area contributed by atoms with Gasteiger partial charge in [0.25, 0.3) is 0 Å². The fourth-order valence-electron chi connectivity index (χ4n) is 5.30. The number of carbonyl (C=O) groups excluding carboxylic acids is 2. The first-order chi connectivity index (χ1) is 33.4. The molecular formula is C44H58Cl3LiN6O15P2. The van der Waals surface area contributed by atoms with Crippen LogP contribution in [-0.4, -0.2) is 96.5 Å². The number of halogens is 3. The summed E-state index contributed by atoms with van der Waals surface area (Å²) in [6.07, 6.45) is 8.59. The number of hydrogen-bond acceptors (Lipinski definition) is 15. The van der Waals surface area contributed by atoms with E-state index in [0.717, 1.165) is 38.5 Å². The third kappa shape index (κ3) is 25.2. The normalized spacial score (nSPS) is 13.2. The van der Waals surface area contributed by atoms with E-state index in [1.165, 1.54) is 60.0 Å². The molecule has 5 rings (SSSR count). The molecule has 0 aliphatic carbocycles. The van der Waals surface area contributed by atoms with Crippen LogP contribution in [0.3, 0.4) is 0 Å². The molecule has 0 bridgehead atoms. The molecule has 3 heterocycles. The molecule has 4 aromatic rings. The first-order valence-corrected chi connectivity index (χ1v) is 26.7. The Balaban J connectivity index is 0.000000556. The van der Waals surface area contributed by atoms with Crippen LogP contribution in [0.2, 0.25) is 0 Å². The van der Waals surface area contributed by atoms with Gasteiger partial charge in [0.1, 0.15) is 35.4 Å². The average molecular weight is 1090 g/mol. The Kier molecular flexibility index (Phi) is 32.4. The molecule has 2 aromatic carbocycles. The molecule has 0 spiro atoms. The van der Waals surface area contributed by atoms with Gasteiger partial charge in [0.2, 0.25) is 0 Å². The van der Waals surface area contributed by atoms with Gasteiger partial charge in [-0.15, -0.1) is 23.2 Å². The van der Waals surface area contributed by atoms with Gasteiger partial charge in [-0.05, 0) is 125 Å². The quantitative estimate of drug-likeness (QED) is 0.00886. The summed E-state index contributed by atoms with van der Waals surface area (Å²) < 4.78 is 59.3. The van der Waals surface area contributed by atoms with Crippen LogP contribution >= 0.6 is 48.9 Å². The zero-order chi connectivity index (χ0) is 52.0. The number of nitrogens with zero attached hydrogens (tertiary/aromatic N) is 4. The Morgan fingerprint density at radius 2 is 1.15 bits per heavy atom. The summed E-state index contributed by atoms with van der Waals surface area (Å²) in [5.41, 5.74) is 1.74. The van der Waals surface area contributed by atoms with Gasteiger partial charge < -0.3 is 38.3 Å². The number of unbranched alkanes of at least 4 members (excludes halogenated alkanes) is 2. The second-order valence-corrected chi connectivity index (χ2v) is 20.7. The van der Waals surface area contributed by atoms with Gasteiger partial charge in [0.15, 0.2) is 0 Å². The number of furan rings is 2. The maximum absolute atomic E-state index is 13.6. The predicted octanol–water partition coefficient (Wildman–Crippen LogP) is 7.81. The smallest absolute Gasteiger partial charge is 0.849 e. The molecule has 2 N–H and O–H groups in total. The summed E-state index contributed by atoms with van der Waals surface area (Å²) in [6, 6.07) is 17.7. The van der Waals surface area contributed by atoms with Crippen molar-refractivity contribution in [1.29, 1.82) is 0 Å². The second-order valence-electron chi connectivity index (χ2n) is 14.5. The van der Waals surface area contributed by atoms with Crippen molar-refractivity contribution in [2.45, 2.75) is 51.7 Å². The Labute approximate surface area is 439 Å². The third-order valence-corrected chi connectivity index (χ3v) is 14.4. The number of benzene rings is 2. The van der Waals surface area contributed by atoms with Crippen LogP contribution in [0.5, 0.6) is 0 Å². The Morgan fingerprint density at radius 3 is 1.54 bits per heavy atom. The summed E-state index contributed by atoms with van der Waals surface area (Å²) in [6.45, 7) is 6.20. The molecule has 1 saturated heterocycles. The van der Waals surface area contributed by atoms with Crippen LogP contribution in [0.15, 0.2) is 107 Å². The van der Waals surface area contributed by atoms with Gasteiger partial charge in [-0.1, -0.05) is 31.9 Å². The van der Waals surface area contributed by atoms with Gasteiger partial charge in [-0.3, -0.25) is 29.3 Å². The summed E-state index contributed by atoms with van der Waals surface area (Å²) in [4.78, 5) is 43.0. The number of ether oxygens (including phenoxy) is 3. The fourth-order valence-corrected chi connectivity index (χ4v) is 8.85.